The van der Waals surface area contributed by atoms with Gasteiger partial charge in [-0.3, -0.25) is 9.59 Å². The smallest absolute Gasteiger partial charge is 0.314 e. The molecule has 0 atom stereocenters. The second kappa shape index (κ2) is 7.12. The van der Waals surface area contributed by atoms with Crippen LogP contribution in [0.1, 0.15) is 6.92 Å². The molecule has 2 aromatic carbocycles. The van der Waals surface area contributed by atoms with Gasteiger partial charge in [0, 0.05) is 11.4 Å². The summed E-state index contributed by atoms with van der Waals surface area (Å²) in [5.74, 6) is -1.03. The van der Waals surface area contributed by atoms with Crippen LogP contribution in [0.25, 0.3) is 0 Å². The summed E-state index contributed by atoms with van der Waals surface area (Å²) in [5.41, 5.74) is 7.07. The lowest BCUT2D eigenvalue weighted by Crippen LogP contribution is -2.29. The average molecular weight is 299 g/mol. The van der Waals surface area contributed by atoms with E-state index in [4.69, 9.17) is 10.5 Å². The number of nitrogen functional groups attached to an aromatic ring is 1. The van der Waals surface area contributed by atoms with Gasteiger partial charge >= 0.3 is 11.8 Å². The Morgan fingerprint density at radius 3 is 2.32 bits per heavy atom. The molecule has 0 bridgehead atoms. The van der Waals surface area contributed by atoms with Gasteiger partial charge in [-0.2, -0.15) is 0 Å². The van der Waals surface area contributed by atoms with Crippen LogP contribution in [0.15, 0.2) is 48.5 Å². The van der Waals surface area contributed by atoms with Crippen molar-refractivity contribution in [3.8, 4) is 5.75 Å². The van der Waals surface area contributed by atoms with Crippen molar-refractivity contribution in [2.45, 2.75) is 6.92 Å². The molecule has 2 rings (SSSR count). The van der Waals surface area contributed by atoms with Crippen molar-refractivity contribution < 1.29 is 14.3 Å². The SMILES string of the molecule is CCOc1ccccc1NC(=O)C(=O)Nc1ccc(N)cc1. The number of nitrogens with one attached hydrogen (secondary N) is 2. The van der Waals surface area contributed by atoms with Gasteiger partial charge in [0.05, 0.1) is 12.3 Å². The highest BCUT2D eigenvalue weighted by Crippen LogP contribution is 2.23. The maximum atomic E-state index is 11.9. The Morgan fingerprint density at radius 1 is 1.00 bits per heavy atom. The van der Waals surface area contributed by atoms with E-state index in [-0.39, 0.29) is 0 Å². The van der Waals surface area contributed by atoms with Crippen LogP contribution in [0, 0.1) is 0 Å². The minimum absolute atomic E-state index is 0.446. The summed E-state index contributed by atoms with van der Waals surface area (Å²) in [6.07, 6.45) is 0. The number of para-hydroxylation sites is 2. The van der Waals surface area contributed by atoms with Crippen LogP contribution in [0.5, 0.6) is 5.75 Å². The standard InChI is InChI=1S/C16H17N3O3/c1-2-22-14-6-4-3-5-13(14)19-16(21)15(20)18-12-9-7-11(17)8-10-12/h3-10H,2,17H2,1H3,(H,18,20)(H,19,21). The predicted octanol–water partition coefficient (Wildman–Crippen LogP) is 2.24. The molecule has 0 radical (unpaired) electrons. The first kappa shape index (κ1) is 15.4. The molecule has 6 nitrogen and oxygen atoms in total. The van der Waals surface area contributed by atoms with Crippen LogP contribution in [0.3, 0.4) is 0 Å². The predicted molar refractivity (Wildman–Crippen MR) is 85.7 cm³/mol. The highest BCUT2D eigenvalue weighted by atomic mass is 16.5. The van der Waals surface area contributed by atoms with Crippen LogP contribution in [0.4, 0.5) is 17.1 Å². The van der Waals surface area contributed by atoms with Crippen molar-refractivity contribution in [2.24, 2.45) is 0 Å². The summed E-state index contributed by atoms with van der Waals surface area (Å²) in [5, 5.41) is 5.02. The van der Waals surface area contributed by atoms with E-state index >= 15 is 0 Å². The second-order valence-electron chi connectivity index (χ2n) is 4.46. The molecule has 4 N–H and O–H groups in total. The molecule has 0 aliphatic rings. The fourth-order valence-electron chi connectivity index (χ4n) is 1.78. The number of ether oxygens (including phenoxy) is 1. The molecule has 0 saturated heterocycles. The Kier molecular flexibility index (Phi) is 4.98. The van der Waals surface area contributed by atoms with E-state index < -0.39 is 11.8 Å². The molecule has 0 saturated carbocycles. The molecule has 0 heterocycles. The molecule has 2 amide bonds. The van der Waals surface area contributed by atoms with Crippen molar-refractivity contribution in [2.75, 3.05) is 23.0 Å². The highest BCUT2D eigenvalue weighted by Gasteiger charge is 2.15. The minimum Gasteiger partial charge on any atom is -0.492 e. The molecule has 0 aromatic heterocycles. The number of hydrogen-bond acceptors (Lipinski definition) is 4. The lowest BCUT2D eigenvalue weighted by molar-refractivity contribution is -0.133. The summed E-state index contributed by atoms with van der Waals surface area (Å²) in [6.45, 7) is 2.30. The first-order chi connectivity index (χ1) is 10.6. The van der Waals surface area contributed by atoms with Crippen LogP contribution in [0.2, 0.25) is 0 Å². The van der Waals surface area contributed by atoms with E-state index in [0.717, 1.165) is 0 Å². The topological polar surface area (TPSA) is 93.4 Å². The Labute approximate surface area is 128 Å². The fourth-order valence-corrected chi connectivity index (χ4v) is 1.78. The summed E-state index contributed by atoms with van der Waals surface area (Å²) in [6, 6.07) is 13.4. The van der Waals surface area contributed by atoms with Gasteiger partial charge in [0.25, 0.3) is 0 Å². The molecular formula is C16H17N3O3. The third-order valence-corrected chi connectivity index (χ3v) is 2.81. The van der Waals surface area contributed by atoms with Gasteiger partial charge in [-0.05, 0) is 43.3 Å². The van der Waals surface area contributed by atoms with Gasteiger partial charge < -0.3 is 21.1 Å². The van der Waals surface area contributed by atoms with Gasteiger partial charge in [0.1, 0.15) is 5.75 Å². The van der Waals surface area contributed by atoms with E-state index in [1.807, 2.05) is 6.92 Å². The van der Waals surface area contributed by atoms with Gasteiger partial charge in [-0.1, -0.05) is 12.1 Å². The third-order valence-electron chi connectivity index (χ3n) is 2.81. The molecule has 0 aliphatic carbocycles. The van der Waals surface area contributed by atoms with Gasteiger partial charge in [0.15, 0.2) is 0 Å². The molecule has 0 unspecified atom stereocenters. The summed E-state index contributed by atoms with van der Waals surface area (Å²) in [4.78, 5) is 23.8. The Balaban J connectivity index is 2.02. The first-order valence-electron chi connectivity index (χ1n) is 6.80. The van der Waals surface area contributed by atoms with Crippen LogP contribution in [-0.2, 0) is 9.59 Å². The molecule has 0 fully saturated rings. The molecule has 114 valence electrons. The Hall–Kier alpha value is -3.02. The lowest BCUT2D eigenvalue weighted by atomic mass is 10.2. The van der Waals surface area contributed by atoms with Crippen molar-refractivity contribution in [1.82, 2.24) is 0 Å². The number of benzene rings is 2. The summed E-state index contributed by atoms with van der Waals surface area (Å²) < 4.78 is 5.39. The number of rotatable bonds is 4. The Bertz CT molecular complexity index is 669. The second-order valence-corrected chi connectivity index (χ2v) is 4.46. The van der Waals surface area contributed by atoms with Crippen LogP contribution < -0.4 is 21.1 Å². The number of amides is 2. The molecule has 2 aromatic rings. The Morgan fingerprint density at radius 2 is 1.64 bits per heavy atom. The molecular weight excluding hydrogens is 282 g/mol. The maximum Gasteiger partial charge on any atom is 0.314 e. The van der Waals surface area contributed by atoms with Crippen molar-refractivity contribution in [3.05, 3.63) is 48.5 Å². The monoisotopic (exact) mass is 299 g/mol. The molecule has 22 heavy (non-hydrogen) atoms. The summed E-state index contributed by atoms with van der Waals surface area (Å²) >= 11 is 0. The van der Waals surface area contributed by atoms with Crippen molar-refractivity contribution in [1.29, 1.82) is 0 Å². The number of hydrogen-bond donors (Lipinski definition) is 3. The maximum absolute atomic E-state index is 11.9. The molecule has 0 spiro atoms. The summed E-state index contributed by atoms with van der Waals surface area (Å²) in [7, 11) is 0. The lowest BCUT2D eigenvalue weighted by Gasteiger charge is -2.11. The zero-order chi connectivity index (χ0) is 15.9. The third kappa shape index (κ3) is 3.99. The van der Waals surface area contributed by atoms with Crippen LogP contribution in [-0.4, -0.2) is 18.4 Å². The number of carbonyl (C=O) groups excluding carboxylic acids is 2. The van der Waals surface area contributed by atoms with E-state index in [1.165, 1.54) is 0 Å². The zero-order valence-electron chi connectivity index (χ0n) is 12.1. The number of carbonyl (C=O) groups is 2. The average Bonchev–Trinajstić information content (AvgIpc) is 2.51. The van der Waals surface area contributed by atoms with Gasteiger partial charge in [-0.25, -0.2) is 0 Å². The van der Waals surface area contributed by atoms with E-state index in [2.05, 4.69) is 10.6 Å². The molecule has 6 heteroatoms. The van der Waals surface area contributed by atoms with E-state index in [1.54, 1.807) is 48.5 Å². The normalized spacial score (nSPS) is 9.86. The van der Waals surface area contributed by atoms with Gasteiger partial charge in [0.2, 0.25) is 0 Å². The van der Waals surface area contributed by atoms with Crippen molar-refractivity contribution in [3.63, 3.8) is 0 Å². The van der Waals surface area contributed by atoms with E-state index in [0.29, 0.717) is 29.4 Å². The van der Waals surface area contributed by atoms with E-state index in [9.17, 15) is 9.59 Å². The number of anilines is 3. The van der Waals surface area contributed by atoms with Gasteiger partial charge in [-0.15, -0.1) is 0 Å². The zero-order valence-corrected chi connectivity index (χ0v) is 12.1. The quantitative estimate of drug-likeness (QED) is 0.596. The van der Waals surface area contributed by atoms with Crippen molar-refractivity contribution >= 4 is 28.9 Å². The number of nitrogens with two attached hydrogens (primary N) is 1. The fraction of sp³-hybridized carbons (Fsp3) is 0.125. The molecule has 0 aliphatic heterocycles. The highest BCUT2D eigenvalue weighted by molar-refractivity contribution is 6.43. The minimum atomic E-state index is -0.774. The van der Waals surface area contributed by atoms with Crippen LogP contribution >= 0.6 is 0 Å². The largest absolute Gasteiger partial charge is 0.492 e. The first-order valence-corrected chi connectivity index (χ1v) is 6.80.